The Morgan fingerprint density at radius 2 is 2.26 bits per heavy atom. The first kappa shape index (κ1) is 12.1. The van der Waals surface area contributed by atoms with Crippen molar-refractivity contribution in [1.82, 2.24) is 25.1 Å². The van der Waals surface area contributed by atoms with Crippen LogP contribution < -0.4 is 5.32 Å². The zero-order chi connectivity index (χ0) is 13.4. The Morgan fingerprint density at radius 1 is 1.42 bits per heavy atom. The summed E-state index contributed by atoms with van der Waals surface area (Å²) < 4.78 is 2.40. The van der Waals surface area contributed by atoms with Crippen LogP contribution in [0.2, 0.25) is 5.28 Å². The molecule has 0 fully saturated rings. The SMILES string of the molecule is CNC(=O)c1ccn(-c2nc(Cl)nc3ccsc23)n1. The van der Waals surface area contributed by atoms with Crippen LogP contribution in [0.4, 0.5) is 0 Å². The highest BCUT2D eigenvalue weighted by Gasteiger charge is 2.13. The van der Waals surface area contributed by atoms with Crippen LogP contribution in [0.25, 0.3) is 16.0 Å². The minimum Gasteiger partial charge on any atom is -0.354 e. The second-order valence-corrected chi connectivity index (χ2v) is 4.93. The highest BCUT2D eigenvalue weighted by atomic mass is 35.5. The molecule has 0 aliphatic rings. The van der Waals surface area contributed by atoms with Crippen molar-refractivity contribution in [2.75, 3.05) is 7.05 Å². The van der Waals surface area contributed by atoms with Gasteiger partial charge in [-0.1, -0.05) is 0 Å². The van der Waals surface area contributed by atoms with E-state index in [-0.39, 0.29) is 11.2 Å². The van der Waals surface area contributed by atoms with E-state index in [2.05, 4.69) is 20.4 Å². The Bertz CT molecular complexity index is 765. The fourth-order valence-corrected chi connectivity index (χ4v) is 2.65. The topological polar surface area (TPSA) is 72.7 Å². The van der Waals surface area contributed by atoms with Crippen molar-refractivity contribution in [1.29, 1.82) is 0 Å². The number of amides is 1. The third kappa shape index (κ3) is 2.06. The zero-order valence-electron chi connectivity index (χ0n) is 9.79. The lowest BCUT2D eigenvalue weighted by Crippen LogP contribution is -2.18. The van der Waals surface area contributed by atoms with Gasteiger partial charge in [0.05, 0.1) is 10.2 Å². The minimum atomic E-state index is -0.249. The summed E-state index contributed by atoms with van der Waals surface area (Å²) in [5.41, 5.74) is 1.08. The maximum absolute atomic E-state index is 11.5. The molecule has 0 atom stereocenters. The van der Waals surface area contributed by atoms with Gasteiger partial charge in [0.25, 0.3) is 5.91 Å². The van der Waals surface area contributed by atoms with Gasteiger partial charge in [0, 0.05) is 13.2 Å². The molecule has 3 aromatic heterocycles. The van der Waals surface area contributed by atoms with Crippen molar-refractivity contribution >= 4 is 39.1 Å². The number of nitrogens with one attached hydrogen (secondary N) is 1. The summed E-state index contributed by atoms with van der Waals surface area (Å²) in [5.74, 6) is 0.321. The van der Waals surface area contributed by atoms with Crippen LogP contribution in [0, 0.1) is 0 Å². The van der Waals surface area contributed by atoms with Crippen LogP contribution in [-0.2, 0) is 0 Å². The number of nitrogens with zero attached hydrogens (tertiary/aromatic N) is 4. The van der Waals surface area contributed by atoms with E-state index in [0.717, 1.165) is 10.2 Å². The normalized spacial score (nSPS) is 10.8. The van der Waals surface area contributed by atoms with E-state index in [4.69, 9.17) is 11.6 Å². The van der Waals surface area contributed by atoms with Gasteiger partial charge < -0.3 is 5.32 Å². The number of hydrogen-bond donors (Lipinski definition) is 1. The molecule has 0 aliphatic carbocycles. The summed E-state index contributed by atoms with van der Waals surface area (Å²) in [6, 6.07) is 3.48. The predicted octanol–water partition coefficient (Wildman–Crippen LogP) is 1.89. The number of thiophene rings is 1. The fourth-order valence-electron chi connectivity index (χ4n) is 1.67. The van der Waals surface area contributed by atoms with Crippen molar-refractivity contribution in [2.24, 2.45) is 0 Å². The molecule has 6 nitrogen and oxygen atoms in total. The number of aromatic nitrogens is 4. The van der Waals surface area contributed by atoms with E-state index in [0.29, 0.717) is 11.5 Å². The van der Waals surface area contributed by atoms with Crippen LogP contribution >= 0.6 is 22.9 Å². The number of fused-ring (bicyclic) bond motifs is 1. The summed E-state index contributed by atoms with van der Waals surface area (Å²) in [7, 11) is 1.56. The average molecular weight is 294 g/mol. The highest BCUT2D eigenvalue weighted by Crippen LogP contribution is 2.25. The predicted molar refractivity (Wildman–Crippen MR) is 72.9 cm³/mol. The molecule has 0 spiro atoms. The molecule has 0 radical (unpaired) electrons. The van der Waals surface area contributed by atoms with Gasteiger partial charge in [0.2, 0.25) is 5.28 Å². The molecule has 0 saturated heterocycles. The van der Waals surface area contributed by atoms with E-state index < -0.39 is 0 Å². The average Bonchev–Trinajstić information content (AvgIpc) is 3.05. The monoisotopic (exact) mass is 293 g/mol. The molecule has 3 rings (SSSR count). The molecule has 1 N–H and O–H groups in total. The molecule has 1 amide bonds. The molecule has 3 heterocycles. The Morgan fingerprint density at radius 3 is 3.05 bits per heavy atom. The van der Waals surface area contributed by atoms with Gasteiger partial charge in [0.1, 0.15) is 0 Å². The van der Waals surface area contributed by atoms with Gasteiger partial charge in [-0.25, -0.2) is 9.67 Å². The second-order valence-electron chi connectivity index (χ2n) is 3.68. The summed E-state index contributed by atoms with van der Waals surface area (Å²) in [4.78, 5) is 19.8. The Labute approximate surface area is 117 Å². The zero-order valence-corrected chi connectivity index (χ0v) is 11.4. The highest BCUT2D eigenvalue weighted by molar-refractivity contribution is 7.17. The molecule has 0 aromatic carbocycles. The number of hydrogen-bond acceptors (Lipinski definition) is 5. The number of carbonyl (C=O) groups is 1. The summed E-state index contributed by atoms with van der Waals surface area (Å²) in [6.45, 7) is 0. The quantitative estimate of drug-likeness (QED) is 0.732. The largest absolute Gasteiger partial charge is 0.354 e. The van der Waals surface area contributed by atoms with Gasteiger partial charge in [-0.15, -0.1) is 11.3 Å². The Balaban J connectivity index is 2.16. The van der Waals surface area contributed by atoms with Crippen molar-refractivity contribution in [3.8, 4) is 5.82 Å². The molecule has 96 valence electrons. The maximum atomic E-state index is 11.5. The van der Waals surface area contributed by atoms with Crippen LogP contribution in [0.3, 0.4) is 0 Å². The molecular weight excluding hydrogens is 286 g/mol. The Hall–Kier alpha value is -1.99. The fraction of sp³-hybridized carbons (Fsp3) is 0.0909. The van der Waals surface area contributed by atoms with E-state index in [1.807, 2.05) is 11.4 Å². The lowest BCUT2D eigenvalue weighted by molar-refractivity contribution is 0.0957. The first-order chi connectivity index (χ1) is 9.19. The first-order valence-corrected chi connectivity index (χ1v) is 6.63. The number of carbonyl (C=O) groups excluding carboxylic acids is 1. The molecule has 0 saturated carbocycles. The third-order valence-electron chi connectivity index (χ3n) is 2.52. The van der Waals surface area contributed by atoms with Gasteiger partial charge in [-0.3, -0.25) is 4.79 Å². The minimum absolute atomic E-state index is 0.151. The standard InChI is InChI=1S/C11H8ClN5OS/c1-13-10(18)7-2-4-17(16-7)9-8-6(3-5-19-8)14-11(12)15-9/h2-5H,1H3,(H,13,18). The van der Waals surface area contributed by atoms with Crippen molar-refractivity contribution in [3.05, 3.63) is 34.7 Å². The van der Waals surface area contributed by atoms with E-state index in [1.165, 1.54) is 16.0 Å². The molecule has 19 heavy (non-hydrogen) atoms. The number of rotatable bonds is 2. The van der Waals surface area contributed by atoms with Gasteiger partial charge in [0.15, 0.2) is 11.5 Å². The molecule has 8 heteroatoms. The second kappa shape index (κ2) is 4.60. The summed E-state index contributed by atoms with van der Waals surface area (Å²) in [5, 5.41) is 8.76. The van der Waals surface area contributed by atoms with Crippen LogP contribution in [0.15, 0.2) is 23.7 Å². The first-order valence-electron chi connectivity index (χ1n) is 5.38. The maximum Gasteiger partial charge on any atom is 0.271 e. The lowest BCUT2D eigenvalue weighted by Gasteiger charge is -2.02. The molecular formula is C11H8ClN5OS. The number of halogens is 1. The van der Waals surface area contributed by atoms with Crippen LogP contribution in [0.1, 0.15) is 10.5 Å². The van der Waals surface area contributed by atoms with E-state index >= 15 is 0 Å². The van der Waals surface area contributed by atoms with Crippen molar-refractivity contribution in [2.45, 2.75) is 0 Å². The lowest BCUT2D eigenvalue weighted by atomic mass is 10.4. The van der Waals surface area contributed by atoms with Gasteiger partial charge in [-0.05, 0) is 29.1 Å². The van der Waals surface area contributed by atoms with Crippen molar-refractivity contribution < 1.29 is 4.79 Å². The van der Waals surface area contributed by atoms with E-state index in [1.54, 1.807) is 19.3 Å². The van der Waals surface area contributed by atoms with Crippen molar-refractivity contribution in [3.63, 3.8) is 0 Å². The third-order valence-corrected chi connectivity index (χ3v) is 3.59. The molecule has 3 aromatic rings. The Kier molecular flexibility index (Phi) is 2.92. The van der Waals surface area contributed by atoms with Crippen LogP contribution in [0.5, 0.6) is 0 Å². The van der Waals surface area contributed by atoms with E-state index in [9.17, 15) is 4.79 Å². The van der Waals surface area contributed by atoms with Crippen LogP contribution in [-0.4, -0.2) is 32.7 Å². The summed E-state index contributed by atoms with van der Waals surface area (Å²) in [6.07, 6.45) is 1.67. The van der Waals surface area contributed by atoms with Gasteiger partial charge in [-0.2, -0.15) is 10.1 Å². The molecule has 0 bridgehead atoms. The summed E-state index contributed by atoms with van der Waals surface area (Å²) >= 11 is 7.39. The molecule has 0 unspecified atom stereocenters. The van der Waals surface area contributed by atoms with Gasteiger partial charge >= 0.3 is 0 Å². The molecule has 0 aliphatic heterocycles. The smallest absolute Gasteiger partial charge is 0.271 e.